The van der Waals surface area contributed by atoms with Crippen molar-refractivity contribution in [3.05, 3.63) is 0 Å². The van der Waals surface area contributed by atoms with Crippen molar-refractivity contribution >= 4 is 5.91 Å². The molecule has 1 atom stereocenters. The van der Waals surface area contributed by atoms with E-state index in [1.165, 1.54) is 0 Å². The lowest BCUT2D eigenvalue weighted by Crippen LogP contribution is -2.36. The number of rotatable bonds is 4. The highest BCUT2D eigenvalue weighted by atomic mass is 16.3. The van der Waals surface area contributed by atoms with Crippen LogP contribution >= 0.6 is 0 Å². The Labute approximate surface area is 79.7 Å². The smallest absolute Gasteiger partial charge is 0.222 e. The second-order valence-electron chi connectivity index (χ2n) is 4.13. The number of likely N-dealkylation sites (tertiary alicyclic amines) is 1. The van der Waals surface area contributed by atoms with Crippen LogP contribution in [-0.2, 0) is 4.79 Å². The molecule has 0 aromatic heterocycles. The van der Waals surface area contributed by atoms with Gasteiger partial charge in [0.2, 0.25) is 5.91 Å². The molecule has 0 aliphatic carbocycles. The topological polar surface area (TPSA) is 40.5 Å². The molecule has 1 aliphatic heterocycles. The second kappa shape index (κ2) is 4.61. The third-order valence-corrected chi connectivity index (χ3v) is 2.54. The van der Waals surface area contributed by atoms with E-state index in [9.17, 15) is 4.79 Å². The Morgan fingerprint density at radius 3 is 2.85 bits per heavy atom. The van der Waals surface area contributed by atoms with Gasteiger partial charge in [-0.2, -0.15) is 0 Å². The number of aliphatic hydroxyl groups is 1. The Morgan fingerprint density at radius 1 is 1.62 bits per heavy atom. The highest BCUT2D eigenvalue weighted by Crippen LogP contribution is 2.23. The molecule has 1 rings (SSSR count). The van der Waals surface area contributed by atoms with Gasteiger partial charge < -0.3 is 10.0 Å². The summed E-state index contributed by atoms with van der Waals surface area (Å²) < 4.78 is 0. The molecule has 0 aromatic carbocycles. The minimum absolute atomic E-state index is 0.0837. The zero-order valence-electron chi connectivity index (χ0n) is 8.49. The molecule has 1 amide bonds. The minimum atomic E-state index is 0.0837. The molecule has 0 radical (unpaired) electrons. The first-order chi connectivity index (χ1) is 6.15. The van der Waals surface area contributed by atoms with E-state index in [0.717, 1.165) is 12.8 Å². The molecule has 3 heteroatoms. The first-order valence-corrected chi connectivity index (χ1v) is 5.05. The van der Waals surface area contributed by atoms with Gasteiger partial charge >= 0.3 is 0 Å². The number of carbonyl (C=O) groups excluding carboxylic acids is 1. The van der Waals surface area contributed by atoms with Gasteiger partial charge in [0.15, 0.2) is 0 Å². The van der Waals surface area contributed by atoms with Crippen LogP contribution in [0.5, 0.6) is 0 Å². The molecule has 0 aromatic rings. The van der Waals surface area contributed by atoms with Crippen LogP contribution in [0.15, 0.2) is 0 Å². The van der Waals surface area contributed by atoms with Crippen LogP contribution in [0.1, 0.15) is 33.1 Å². The lowest BCUT2D eigenvalue weighted by molar-refractivity contribution is -0.129. The number of hydrogen-bond acceptors (Lipinski definition) is 2. The summed E-state index contributed by atoms with van der Waals surface area (Å²) in [6.45, 7) is 4.93. The standard InChI is InChI=1S/C10H19NO2/c1-8(2)7-9-3-4-10(13)11(9)5-6-12/h8-9,12H,3-7H2,1-2H3. The van der Waals surface area contributed by atoms with Crippen molar-refractivity contribution in [3.63, 3.8) is 0 Å². The van der Waals surface area contributed by atoms with Crippen LogP contribution in [-0.4, -0.2) is 35.1 Å². The number of hydrogen-bond donors (Lipinski definition) is 1. The second-order valence-corrected chi connectivity index (χ2v) is 4.13. The van der Waals surface area contributed by atoms with E-state index in [1.54, 1.807) is 0 Å². The third-order valence-electron chi connectivity index (χ3n) is 2.54. The first-order valence-electron chi connectivity index (χ1n) is 5.05. The molecule has 1 fully saturated rings. The van der Waals surface area contributed by atoms with Crippen LogP contribution < -0.4 is 0 Å². The quantitative estimate of drug-likeness (QED) is 0.710. The fourth-order valence-electron chi connectivity index (χ4n) is 2.00. The molecule has 1 saturated heterocycles. The molecule has 1 N–H and O–H groups in total. The number of β-amino-alcohol motifs (C(OH)–C–C–N with tert-alkyl or cyclic N) is 1. The summed E-state index contributed by atoms with van der Waals surface area (Å²) in [5, 5.41) is 8.80. The summed E-state index contributed by atoms with van der Waals surface area (Å²) in [5.41, 5.74) is 0. The molecule has 1 heterocycles. The van der Waals surface area contributed by atoms with Crippen LogP contribution in [0.2, 0.25) is 0 Å². The maximum absolute atomic E-state index is 11.4. The predicted octanol–water partition coefficient (Wildman–Crippen LogP) is 1.02. The molecular weight excluding hydrogens is 166 g/mol. The predicted molar refractivity (Wildman–Crippen MR) is 51.3 cm³/mol. The number of amides is 1. The molecule has 1 unspecified atom stereocenters. The third kappa shape index (κ3) is 2.69. The molecule has 76 valence electrons. The van der Waals surface area contributed by atoms with Crippen LogP contribution in [0.25, 0.3) is 0 Å². The van der Waals surface area contributed by atoms with E-state index in [2.05, 4.69) is 13.8 Å². The van der Waals surface area contributed by atoms with Gasteiger partial charge in [-0.15, -0.1) is 0 Å². The largest absolute Gasteiger partial charge is 0.395 e. The molecule has 0 bridgehead atoms. The highest BCUT2D eigenvalue weighted by Gasteiger charge is 2.30. The maximum Gasteiger partial charge on any atom is 0.222 e. The van der Waals surface area contributed by atoms with Gasteiger partial charge in [0.05, 0.1) is 6.61 Å². The summed E-state index contributed by atoms with van der Waals surface area (Å²) in [6.07, 6.45) is 2.69. The highest BCUT2D eigenvalue weighted by molar-refractivity contribution is 5.78. The fourth-order valence-corrected chi connectivity index (χ4v) is 2.00. The minimum Gasteiger partial charge on any atom is -0.395 e. The number of aliphatic hydroxyl groups excluding tert-OH is 1. The van der Waals surface area contributed by atoms with Crippen LogP contribution in [0.3, 0.4) is 0 Å². The normalized spacial score (nSPS) is 23.2. The van der Waals surface area contributed by atoms with Crippen LogP contribution in [0.4, 0.5) is 0 Å². The Kier molecular flexibility index (Phi) is 3.72. The van der Waals surface area contributed by atoms with Gasteiger partial charge in [-0.05, 0) is 18.8 Å². The first kappa shape index (κ1) is 10.5. The Hall–Kier alpha value is -0.570. The van der Waals surface area contributed by atoms with E-state index in [1.807, 2.05) is 4.90 Å². The van der Waals surface area contributed by atoms with Crippen molar-refractivity contribution < 1.29 is 9.90 Å². The molecule has 13 heavy (non-hydrogen) atoms. The average molecular weight is 185 g/mol. The van der Waals surface area contributed by atoms with E-state index in [0.29, 0.717) is 24.9 Å². The van der Waals surface area contributed by atoms with Crippen LogP contribution in [0, 0.1) is 5.92 Å². The van der Waals surface area contributed by atoms with E-state index in [4.69, 9.17) is 5.11 Å². The van der Waals surface area contributed by atoms with Gasteiger partial charge in [0.1, 0.15) is 0 Å². The Bertz CT molecular complexity index is 180. The average Bonchev–Trinajstić information content (AvgIpc) is 2.35. The molecule has 3 nitrogen and oxygen atoms in total. The lowest BCUT2D eigenvalue weighted by Gasteiger charge is -2.25. The van der Waals surface area contributed by atoms with Gasteiger partial charge in [-0.3, -0.25) is 4.79 Å². The van der Waals surface area contributed by atoms with Crippen molar-refractivity contribution in [1.82, 2.24) is 4.90 Å². The summed E-state index contributed by atoms with van der Waals surface area (Å²) in [6, 6.07) is 0.375. The van der Waals surface area contributed by atoms with Crippen molar-refractivity contribution in [3.8, 4) is 0 Å². The van der Waals surface area contributed by atoms with Gasteiger partial charge in [0.25, 0.3) is 0 Å². The van der Waals surface area contributed by atoms with Gasteiger partial charge in [0, 0.05) is 19.0 Å². The van der Waals surface area contributed by atoms with Gasteiger partial charge in [-0.1, -0.05) is 13.8 Å². The number of nitrogens with zero attached hydrogens (tertiary/aromatic N) is 1. The molecule has 0 saturated carbocycles. The summed E-state index contributed by atoms with van der Waals surface area (Å²) >= 11 is 0. The fraction of sp³-hybridized carbons (Fsp3) is 0.900. The monoisotopic (exact) mass is 185 g/mol. The Balaban J connectivity index is 2.48. The van der Waals surface area contributed by atoms with Crippen molar-refractivity contribution in [2.24, 2.45) is 5.92 Å². The SMILES string of the molecule is CC(C)CC1CCC(=O)N1CCO. The van der Waals surface area contributed by atoms with Gasteiger partial charge in [-0.25, -0.2) is 0 Å². The van der Waals surface area contributed by atoms with Crippen molar-refractivity contribution in [2.45, 2.75) is 39.2 Å². The molecule has 0 spiro atoms. The maximum atomic E-state index is 11.4. The summed E-state index contributed by atoms with van der Waals surface area (Å²) in [7, 11) is 0. The zero-order chi connectivity index (χ0) is 9.84. The van der Waals surface area contributed by atoms with E-state index < -0.39 is 0 Å². The van der Waals surface area contributed by atoms with E-state index >= 15 is 0 Å². The molecular formula is C10H19NO2. The summed E-state index contributed by atoms with van der Waals surface area (Å²) in [4.78, 5) is 13.2. The zero-order valence-corrected chi connectivity index (χ0v) is 8.49. The lowest BCUT2D eigenvalue weighted by atomic mass is 10.0. The number of carbonyl (C=O) groups is 1. The molecule has 1 aliphatic rings. The van der Waals surface area contributed by atoms with Crippen molar-refractivity contribution in [2.75, 3.05) is 13.2 Å². The Morgan fingerprint density at radius 2 is 2.31 bits per heavy atom. The summed E-state index contributed by atoms with van der Waals surface area (Å²) in [5.74, 6) is 0.830. The van der Waals surface area contributed by atoms with Crippen molar-refractivity contribution in [1.29, 1.82) is 0 Å². The van der Waals surface area contributed by atoms with E-state index in [-0.39, 0.29) is 12.5 Å².